The van der Waals surface area contributed by atoms with Gasteiger partial charge in [0.2, 0.25) is 11.8 Å². The Morgan fingerprint density at radius 3 is 1.71 bits per heavy atom. The highest BCUT2D eigenvalue weighted by Crippen LogP contribution is 2.38. The van der Waals surface area contributed by atoms with Crippen LogP contribution in [0.2, 0.25) is 0 Å². The van der Waals surface area contributed by atoms with Crippen LogP contribution in [0.5, 0.6) is 11.5 Å². The first-order chi connectivity index (χ1) is 13.3. The number of ether oxygens (including phenoxy) is 1. The van der Waals surface area contributed by atoms with Crippen molar-refractivity contribution in [2.24, 2.45) is 11.8 Å². The molecule has 1 saturated heterocycles. The van der Waals surface area contributed by atoms with E-state index in [1.165, 1.54) is 10.5 Å². The van der Waals surface area contributed by atoms with Crippen LogP contribution in [0.3, 0.4) is 0 Å². The van der Waals surface area contributed by atoms with Crippen LogP contribution in [0, 0.1) is 11.8 Å². The molecular weight excluding hydrogens is 350 g/mol. The van der Waals surface area contributed by atoms with E-state index in [0.717, 1.165) is 5.75 Å². The van der Waals surface area contributed by atoms with E-state index in [9.17, 15) is 9.59 Å². The summed E-state index contributed by atoms with van der Waals surface area (Å²) in [6.45, 7) is 6.53. The van der Waals surface area contributed by atoms with Crippen LogP contribution in [0.25, 0.3) is 0 Å². The van der Waals surface area contributed by atoms with Gasteiger partial charge in [0, 0.05) is 0 Å². The van der Waals surface area contributed by atoms with Gasteiger partial charge in [-0.05, 0) is 60.2 Å². The van der Waals surface area contributed by atoms with Crippen molar-refractivity contribution in [1.82, 2.24) is 0 Å². The molecule has 0 bridgehead atoms. The second-order valence-electron chi connectivity index (χ2n) is 8.54. The summed E-state index contributed by atoms with van der Waals surface area (Å²) in [5.74, 6) is 0.817. The molecule has 1 aliphatic heterocycles. The van der Waals surface area contributed by atoms with E-state index < -0.39 is 0 Å². The summed E-state index contributed by atoms with van der Waals surface area (Å²) < 4.78 is 5.91. The van der Waals surface area contributed by atoms with Crippen LogP contribution in [0.15, 0.2) is 60.7 Å². The first-order valence-corrected chi connectivity index (χ1v) is 9.76. The number of amides is 2. The van der Waals surface area contributed by atoms with Gasteiger partial charge >= 0.3 is 0 Å². The molecule has 2 atom stereocenters. The van der Waals surface area contributed by atoms with Gasteiger partial charge in [0.05, 0.1) is 17.5 Å². The molecule has 28 heavy (non-hydrogen) atoms. The topological polar surface area (TPSA) is 46.6 Å². The average Bonchev–Trinajstić information content (AvgIpc) is 2.93. The largest absolute Gasteiger partial charge is 0.457 e. The summed E-state index contributed by atoms with van der Waals surface area (Å²) in [6.07, 6.45) is 5.30. The fraction of sp³-hybridized carbons (Fsp3) is 0.333. The van der Waals surface area contributed by atoms with E-state index in [4.69, 9.17) is 4.74 Å². The lowest BCUT2D eigenvalue weighted by molar-refractivity contribution is -0.122. The summed E-state index contributed by atoms with van der Waals surface area (Å²) >= 11 is 0. The maximum absolute atomic E-state index is 12.7. The zero-order chi connectivity index (χ0) is 19.9. The highest BCUT2D eigenvalue weighted by Gasteiger charge is 2.47. The molecule has 4 heteroatoms. The molecule has 4 rings (SSSR count). The SMILES string of the molecule is CC(C)(C)c1ccc(Oc2ccc(N3C(=O)[C@H]4CC=CC[C@H]4C3=O)cc2)cc1. The van der Waals surface area contributed by atoms with Gasteiger partial charge in [0.1, 0.15) is 11.5 Å². The molecule has 0 unspecified atom stereocenters. The minimum Gasteiger partial charge on any atom is -0.457 e. The van der Waals surface area contributed by atoms with E-state index in [0.29, 0.717) is 24.3 Å². The molecular formula is C24H25NO3. The Labute approximate surface area is 165 Å². The van der Waals surface area contributed by atoms with Gasteiger partial charge in [-0.2, -0.15) is 0 Å². The van der Waals surface area contributed by atoms with Gasteiger partial charge in [0.25, 0.3) is 0 Å². The van der Waals surface area contributed by atoms with Crippen molar-refractivity contribution in [3.63, 3.8) is 0 Å². The summed E-state index contributed by atoms with van der Waals surface area (Å²) in [5, 5.41) is 0. The van der Waals surface area contributed by atoms with Crippen molar-refractivity contribution >= 4 is 17.5 Å². The molecule has 0 saturated carbocycles. The lowest BCUT2D eigenvalue weighted by Gasteiger charge is -2.19. The minimum absolute atomic E-state index is 0.0919. The monoisotopic (exact) mass is 375 g/mol. The Kier molecular flexibility index (Phi) is 4.58. The highest BCUT2D eigenvalue weighted by molar-refractivity contribution is 6.22. The van der Waals surface area contributed by atoms with Gasteiger partial charge < -0.3 is 4.74 Å². The first kappa shape index (κ1) is 18.5. The molecule has 0 spiro atoms. The van der Waals surface area contributed by atoms with Crippen LogP contribution in [-0.2, 0) is 15.0 Å². The second-order valence-corrected chi connectivity index (χ2v) is 8.54. The molecule has 1 heterocycles. The third kappa shape index (κ3) is 3.35. The van der Waals surface area contributed by atoms with Gasteiger partial charge in [-0.3, -0.25) is 14.5 Å². The Morgan fingerprint density at radius 1 is 0.786 bits per heavy atom. The Balaban J connectivity index is 1.49. The smallest absolute Gasteiger partial charge is 0.238 e. The van der Waals surface area contributed by atoms with Crippen LogP contribution < -0.4 is 9.64 Å². The molecule has 1 aliphatic carbocycles. The lowest BCUT2D eigenvalue weighted by Crippen LogP contribution is -2.30. The Hall–Kier alpha value is -2.88. The number of hydrogen-bond acceptors (Lipinski definition) is 3. The summed E-state index contributed by atoms with van der Waals surface area (Å²) in [7, 11) is 0. The molecule has 2 aromatic carbocycles. The fourth-order valence-corrected chi connectivity index (χ4v) is 3.88. The predicted octanol–water partition coefficient (Wildman–Crippen LogP) is 5.23. The predicted molar refractivity (Wildman–Crippen MR) is 110 cm³/mol. The van der Waals surface area contributed by atoms with Crippen molar-refractivity contribution in [2.45, 2.75) is 39.0 Å². The molecule has 2 aliphatic rings. The number of imide groups is 1. The van der Waals surface area contributed by atoms with Crippen molar-refractivity contribution in [3.8, 4) is 11.5 Å². The first-order valence-electron chi connectivity index (χ1n) is 9.76. The summed E-state index contributed by atoms with van der Waals surface area (Å²) in [6, 6.07) is 15.2. The van der Waals surface area contributed by atoms with Gasteiger partial charge in [-0.1, -0.05) is 45.1 Å². The summed E-state index contributed by atoms with van der Waals surface area (Å²) in [4.78, 5) is 26.7. The lowest BCUT2D eigenvalue weighted by atomic mass is 9.85. The molecule has 1 fully saturated rings. The maximum atomic E-state index is 12.7. The highest BCUT2D eigenvalue weighted by atomic mass is 16.5. The Bertz CT molecular complexity index is 894. The Morgan fingerprint density at radius 2 is 1.25 bits per heavy atom. The third-order valence-electron chi connectivity index (χ3n) is 5.56. The van der Waals surface area contributed by atoms with Crippen LogP contribution in [0.4, 0.5) is 5.69 Å². The van der Waals surface area contributed by atoms with E-state index >= 15 is 0 Å². The van der Waals surface area contributed by atoms with E-state index in [-0.39, 0.29) is 29.1 Å². The maximum Gasteiger partial charge on any atom is 0.238 e. The normalized spacial score (nSPS) is 21.8. The van der Waals surface area contributed by atoms with Crippen LogP contribution >= 0.6 is 0 Å². The number of fused-ring (bicyclic) bond motifs is 1. The van der Waals surface area contributed by atoms with Crippen LogP contribution in [-0.4, -0.2) is 11.8 Å². The molecule has 4 nitrogen and oxygen atoms in total. The number of anilines is 1. The second kappa shape index (κ2) is 6.93. The molecule has 0 aromatic heterocycles. The number of rotatable bonds is 3. The minimum atomic E-state index is -0.213. The fourth-order valence-electron chi connectivity index (χ4n) is 3.88. The average molecular weight is 375 g/mol. The summed E-state index contributed by atoms with van der Waals surface area (Å²) in [5.41, 5.74) is 1.96. The number of carbonyl (C=O) groups excluding carboxylic acids is 2. The molecule has 2 amide bonds. The van der Waals surface area contributed by atoms with Crippen molar-refractivity contribution < 1.29 is 14.3 Å². The molecule has 0 radical (unpaired) electrons. The van der Waals surface area contributed by atoms with E-state index in [2.05, 4.69) is 32.9 Å². The van der Waals surface area contributed by atoms with Gasteiger partial charge in [0.15, 0.2) is 0 Å². The number of nitrogens with zero attached hydrogens (tertiary/aromatic N) is 1. The standard InChI is InChI=1S/C24H25NO3/c1-24(2,3)16-8-12-18(13-9-16)28-19-14-10-17(11-15-19)25-22(26)20-6-4-5-7-21(20)23(25)27/h4-5,8-15,20-21H,6-7H2,1-3H3/t20-,21+. The van der Waals surface area contributed by atoms with Gasteiger partial charge in [-0.15, -0.1) is 0 Å². The van der Waals surface area contributed by atoms with E-state index in [1.807, 2.05) is 24.3 Å². The van der Waals surface area contributed by atoms with E-state index in [1.54, 1.807) is 24.3 Å². The van der Waals surface area contributed by atoms with Gasteiger partial charge in [-0.25, -0.2) is 0 Å². The number of carbonyl (C=O) groups is 2. The zero-order valence-corrected chi connectivity index (χ0v) is 16.5. The number of hydrogen-bond donors (Lipinski definition) is 0. The van der Waals surface area contributed by atoms with Crippen LogP contribution in [0.1, 0.15) is 39.2 Å². The molecule has 0 N–H and O–H groups in total. The quantitative estimate of drug-likeness (QED) is 0.545. The zero-order valence-electron chi connectivity index (χ0n) is 16.5. The van der Waals surface area contributed by atoms with Crippen molar-refractivity contribution in [3.05, 3.63) is 66.2 Å². The third-order valence-corrected chi connectivity index (χ3v) is 5.56. The molecule has 2 aromatic rings. The van der Waals surface area contributed by atoms with Crippen molar-refractivity contribution in [2.75, 3.05) is 4.90 Å². The number of benzene rings is 2. The van der Waals surface area contributed by atoms with Crippen molar-refractivity contribution in [1.29, 1.82) is 0 Å². The number of allylic oxidation sites excluding steroid dienone is 2. The molecule has 144 valence electrons.